The molecule has 0 aliphatic carbocycles. The number of anilines is 1. The van der Waals surface area contributed by atoms with E-state index in [4.69, 9.17) is 5.26 Å². The Hall–Kier alpha value is -3.21. The molecule has 130 valence electrons. The predicted molar refractivity (Wildman–Crippen MR) is 91.5 cm³/mol. The fraction of sp³-hybridized carbons (Fsp3) is 0.353. The highest BCUT2D eigenvalue weighted by Crippen LogP contribution is 2.10. The number of hydrazone groups is 1. The first-order valence-electron chi connectivity index (χ1n) is 7.92. The van der Waals surface area contributed by atoms with Gasteiger partial charge in [0.15, 0.2) is 0 Å². The summed E-state index contributed by atoms with van der Waals surface area (Å²) >= 11 is 0. The van der Waals surface area contributed by atoms with Crippen LogP contribution in [0.3, 0.4) is 0 Å². The third kappa shape index (κ3) is 5.42. The number of hydrogen-bond donors (Lipinski definition) is 2. The monoisotopic (exact) mass is 341 g/mol. The van der Waals surface area contributed by atoms with Crippen molar-refractivity contribution < 1.29 is 14.4 Å². The van der Waals surface area contributed by atoms with Crippen molar-refractivity contribution in [3.8, 4) is 6.07 Å². The van der Waals surface area contributed by atoms with E-state index in [1.807, 2.05) is 6.07 Å². The summed E-state index contributed by atoms with van der Waals surface area (Å²) in [4.78, 5) is 37.0. The van der Waals surface area contributed by atoms with Gasteiger partial charge in [0.25, 0.3) is 0 Å². The number of rotatable bonds is 4. The highest BCUT2D eigenvalue weighted by Gasteiger charge is 2.24. The minimum atomic E-state index is -0.802. The van der Waals surface area contributed by atoms with Crippen LogP contribution in [0.25, 0.3) is 0 Å². The molecule has 0 saturated carbocycles. The van der Waals surface area contributed by atoms with Crippen LogP contribution in [0.15, 0.2) is 29.4 Å². The second-order valence-corrected chi connectivity index (χ2v) is 5.70. The molecule has 1 aromatic rings. The summed E-state index contributed by atoms with van der Waals surface area (Å²) in [5.74, 6) is -1.74. The molecule has 2 rings (SSSR count). The maximum atomic E-state index is 11.9. The van der Waals surface area contributed by atoms with Crippen LogP contribution >= 0.6 is 0 Å². The first kappa shape index (κ1) is 18.1. The quantitative estimate of drug-likeness (QED) is 0.483. The molecule has 1 fully saturated rings. The summed E-state index contributed by atoms with van der Waals surface area (Å²) in [5.41, 5.74) is 3.48. The van der Waals surface area contributed by atoms with Gasteiger partial charge < -0.3 is 10.2 Å². The average Bonchev–Trinajstić information content (AvgIpc) is 3.13. The molecule has 0 spiro atoms. The zero-order chi connectivity index (χ0) is 18.2. The zero-order valence-corrected chi connectivity index (χ0v) is 13.9. The van der Waals surface area contributed by atoms with Crippen molar-refractivity contribution in [2.75, 3.05) is 18.4 Å². The van der Waals surface area contributed by atoms with Gasteiger partial charge in [0.2, 0.25) is 5.91 Å². The molecule has 1 saturated heterocycles. The first-order valence-corrected chi connectivity index (χ1v) is 7.92. The zero-order valence-electron chi connectivity index (χ0n) is 13.9. The molecule has 1 aliphatic rings. The normalized spacial score (nSPS) is 13.9. The number of benzene rings is 1. The summed E-state index contributed by atoms with van der Waals surface area (Å²) in [7, 11) is 0. The van der Waals surface area contributed by atoms with Gasteiger partial charge in [0, 0.05) is 24.5 Å². The van der Waals surface area contributed by atoms with Gasteiger partial charge in [-0.05, 0) is 38.0 Å². The van der Waals surface area contributed by atoms with Gasteiger partial charge in [-0.1, -0.05) is 6.07 Å². The molecule has 0 unspecified atom stereocenters. The smallest absolute Gasteiger partial charge is 0.329 e. The molecule has 0 aromatic heterocycles. The highest BCUT2D eigenvalue weighted by atomic mass is 16.2. The Kier molecular flexibility index (Phi) is 6.23. The third-order valence-electron chi connectivity index (χ3n) is 3.63. The van der Waals surface area contributed by atoms with Crippen LogP contribution in [0.5, 0.6) is 0 Å². The molecule has 0 radical (unpaired) electrons. The molecular weight excluding hydrogens is 322 g/mol. The summed E-state index contributed by atoms with van der Waals surface area (Å²) in [5, 5.41) is 15.3. The number of likely N-dealkylation sites (tertiary alicyclic amines) is 1. The maximum absolute atomic E-state index is 11.9. The number of hydrogen-bond acceptors (Lipinski definition) is 5. The van der Waals surface area contributed by atoms with Crippen molar-refractivity contribution in [1.29, 1.82) is 5.26 Å². The van der Waals surface area contributed by atoms with E-state index in [0.717, 1.165) is 12.8 Å². The summed E-state index contributed by atoms with van der Waals surface area (Å²) in [6.07, 6.45) is 1.75. The summed E-state index contributed by atoms with van der Waals surface area (Å²) in [6.45, 7) is 2.74. The van der Waals surface area contributed by atoms with E-state index in [2.05, 4.69) is 15.8 Å². The second-order valence-electron chi connectivity index (χ2n) is 5.70. The van der Waals surface area contributed by atoms with Gasteiger partial charge in [0.05, 0.1) is 18.1 Å². The van der Waals surface area contributed by atoms with Crippen LogP contribution in [-0.4, -0.2) is 41.4 Å². The SMILES string of the molecule is C/C(CC(=O)Nc1cccc(C#N)c1)=N/NC(=O)C(=O)N1CCCC1. The molecule has 1 aromatic carbocycles. The standard InChI is InChI=1S/C17H19N5O3/c1-12(20-21-16(24)17(25)22-7-2-3-8-22)9-15(23)19-14-6-4-5-13(10-14)11-18/h4-6,10H,2-3,7-9H2,1H3,(H,19,23)(H,21,24)/b20-12-. The van der Waals surface area contributed by atoms with Crippen LogP contribution < -0.4 is 10.7 Å². The van der Waals surface area contributed by atoms with Crippen molar-refractivity contribution in [2.24, 2.45) is 5.10 Å². The van der Waals surface area contributed by atoms with Crippen LogP contribution in [0.1, 0.15) is 31.7 Å². The Morgan fingerprint density at radius 1 is 1.28 bits per heavy atom. The topological polar surface area (TPSA) is 115 Å². The Balaban J connectivity index is 1.83. The van der Waals surface area contributed by atoms with Crippen LogP contribution in [0, 0.1) is 11.3 Å². The minimum absolute atomic E-state index is 0.0467. The molecule has 2 N–H and O–H groups in total. The van der Waals surface area contributed by atoms with Crippen LogP contribution in [-0.2, 0) is 14.4 Å². The lowest BCUT2D eigenvalue weighted by Crippen LogP contribution is -2.40. The Bertz CT molecular complexity index is 745. The molecule has 3 amide bonds. The Morgan fingerprint density at radius 2 is 2.00 bits per heavy atom. The average molecular weight is 341 g/mol. The van der Waals surface area contributed by atoms with Gasteiger partial charge in [-0.15, -0.1) is 0 Å². The largest absolute Gasteiger partial charge is 0.334 e. The first-order chi connectivity index (χ1) is 12.0. The van der Waals surface area contributed by atoms with Crippen LogP contribution in [0.4, 0.5) is 5.69 Å². The van der Waals surface area contributed by atoms with Gasteiger partial charge in [0.1, 0.15) is 0 Å². The van der Waals surface area contributed by atoms with E-state index in [0.29, 0.717) is 30.1 Å². The predicted octanol–water partition coefficient (Wildman–Crippen LogP) is 1.00. The van der Waals surface area contributed by atoms with E-state index in [1.54, 1.807) is 31.2 Å². The fourth-order valence-corrected chi connectivity index (χ4v) is 2.40. The lowest BCUT2D eigenvalue weighted by Gasteiger charge is -2.13. The van der Waals surface area contributed by atoms with E-state index in [9.17, 15) is 14.4 Å². The summed E-state index contributed by atoms with van der Waals surface area (Å²) < 4.78 is 0. The second kappa shape index (κ2) is 8.59. The fourth-order valence-electron chi connectivity index (χ4n) is 2.40. The molecule has 0 atom stereocenters. The number of amides is 3. The van der Waals surface area contributed by atoms with Gasteiger partial charge >= 0.3 is 11.8 Å². The van der Waals surface area contributed by atoms with Crippen molar-refractivity contribution in [2.45, 2.75) is 26.2 Å². The number of nitrogens with zero attached hydrogens (tertiary/aromatic N) is 3. The van der Waals surface area contributed by atoms with Crippen LogP contribution in [0.2, 0.25) is 0 Å². The van der Waals surface area contributed by atoms with Gasteiger partial charge in [-0.25, -0.2) is 5.43 Å². The van der Waals surface area contributed by atoms with E-state index < -0.39 is 11.8 Å². The Morgan fingerprint density at radius 3 is 2.68 bits per heavy atom. The lowest BCUT2D eigenvalue weighted by molar-refractivity contribution is -0.145. The number of nitriles is 1. The lowest BCUT2D eigenvalue weighted by atomic mass is 10.2. The molecular formula is C17H19N5O3. The van der Waals surface area contributed by atoms with Crippen molar-refractivity contribution in [3.63, 3.8) is 0 Å². The van der Waals surface area contributed by atoms with Crippen molar-refractivity contribution >= 4 is 29.1 Å². The summed E-state index contributed by atoms with van der Waals surface area (Å²) in [6, 6.07) is 8.51. The Labute approximate surface area is 145 Å². The molecule has 8 heteroatoms. The van der Waals surface area contributed by atoms with E-state index in [1.165, 1.54) is 4.90 Å². The van der Waals surface area contributed by atoms with Crippen molar-refractivity contribution in [1.82, 2.24) is 10.3 Å². The molecule has 0 bridgehead atoms. The van der Waals surface area contributed by atoms with Gasteiger partial charge in [-0.2, -0.15) is 10.4 Å². The molecule has 1 heterocycles. The van der Waals surface area contributed by atoms with Crippen molar-refractivity contribution in [3.05, 3.63) is 29.8 Å². The third-order valence-corrected chi connectivity index (χ3v) is 3.63. The maximum Gasteiger partial charge on any atom is 0.329 e. The number of carbonyl (C=O) groups excluding carboxylic acids is 3. The van der Waals surface area contributed by atoms with E-state index in [-0.39, 0.29) is 12.3 Å². The minimum Gasteiger partial charge on any atom is -0.334 e. The molecule has 1 aliphatic heterocycles. The molecule has 8 nitrogen and oxygen atoms in total. The van der Waals surface area contributed by atoms with E-state index >= 15 is 0 Å². The number of carbonyl (C=O) groups is 3. The molecule has 25 heavy (non-hydrogen) atoms. The van der Waals surface area contributed by atoms with Gasteiger partial charge in [-0.3, -0.25) is 14.4 Å². The number of nitrogens with one attached hydrogen (secondary N) is 2. The highest BCUT2D eigenvalue weighted by molar-refractivity contribution is 6.35.